The van der Waals surface area contributed by atoms with Gasteiger partial charge in [-0.1, -0.05) is 12.1 Å². The molecule has 0 saturated carbocycles. The first-order chi connectivity index (χ1) is 9.88. The van der Waals surface area contributed by atoms with Crippen LogP contribution in [0.4, 0.5) is 4.39 Å². The highest BCUT2D eigenvalue weighted by molar-refractivity contribution is 7.89. The van der Waals surface area contributed by atoms with E-state index in [4.69, 9.17) is 5.11 Å². The molecule has 0 amide bonds. The van der Waals surface area contributed by atoms with Crippen LogP contribution >= 0.6 is 0 Å². The molecular weight excluding hydrogens is 297 g/mol. The smallest absolute Gasteiger partial charge is 0.335 e. The fourth-order valence-corrected chi connectivity index (χ4v) is 2.71. The lowest BCUT2D eigenvalue weighted by atomic mass is 10.1. The molecule has 2 rings (SSSR count). The van der Waals surface area contributed by atoms with Crippen LogP contribution in [-0.2, 0) is 16.6 Å². The quantitative estimate of drug-likeness (QED) is 0.885. The van der Waals surface area contributed by atoms with Crippen LogP contribution in [0, 0.1) is 5.82 Å². The van der Waals surface area contributed by atoms with Crippen LogP contribution in [0.15, 0.2) is 53.4 Å². The predicted molar refractivity (Wildman–Crippen MR) is 73.8 cm³/mol. The van der Waals surface area contributed by atoms with Crippen molar-refractivity contribution in [3.05, 3.63) is 65.5 Å². The minimum Gasteiger partial charge on any atom is -0.478 e. The van der Waals surface area contributed by atoms with Crippen molar-refractivity contribution in [2.75, 3.05) is 0 Å². The SMILES string of the molecule is O=C(O)c1cccc(CNS(=O)(=O)c2ccc(F)cc2)c1. The summed E-state index contributed by atoms with van der Waals surface area (Å²) < 4.78 is 39.1. The van der Waals surface area contributed by atoms with E-state index in [1.54, 1.807) is 6.07 Å². The van der Waals surface area contributed by atoms with Gasteiger partial charge in [0.05, 0.1) is 10.5 Å². The number of sulfonamides is 1. The van der Waals surface area contributed by atoms with Gasteiger partial charge in [-0.05, 0) is 42.0 Å². The van der Waals surface area contributed by atoms with Crippen molar-refractivity contribution in [2.24, 2.45) is 0 Å². The first-order valence-electron chi connectivity index (χ1n) is 5.96. The monoisotopic (exact) mass is 309 g/mol. The molecule has 0 saturated heterocycles. The van der Waals surface area contributed by atoms with E-state index in [0.717, 1.165) is 24.3 Å². The number of rotatable bonds is 5. The maximum Gasteiger partial charge on any atom is 0.335 e. The maximum atomic E-state index is 12.8. The number of benzene rings is 2. The molecule has 0 unspecified atom stereocenters. The zero-order chi connectivity index (χ0) is 15.5. The Bertz CT molecular complexity index is 757. The molecule has 2 aromatic rings. The molecule has 0 aliphatic heterocycles. The third-order valence-corrected chi connectivity index (χ3v) is 4.18. The number of nitrogens with one attached hydrogen (secondary N) is 1. The lowest BCUT2D eigenvalue weighted by molar-refractivity contribution is 0.0696. The summed E-state index contributed by atoms with van der Waals surface area (Å²) in [6.45, 7) is -0.0547. The zero-order valence-electron chi connectivity index (χ0n) is 10.8. The first kappa shape index (κ1) is 15.1. The predicted octanol–water partition coefficient (Wildman–Crippen LogP) is 2.00. The number of hydrogen-bond donors (Lipinski definition) is 2. The second kappa shape index (κ2) is 6.02. The van der Waals surface area contributed by atoms with Crippen molar-refractivity contribution in [1.82, 2.24) is 4.72 Å². The third kappa shape index (κ3) is 3.87. The van der Waals surface area contributed by atoms with Crippen LogP contribution in [0.5, 0.6) is 0 Å². The third-order valence-electron chi connectivity index (χ3n) is 2.76. The van der Waals surface area contributed by atoms with Gasteiger partial charge in [0.15, 0.2) is 0 Å². The van der Waals surface area contributed by atoms with Gasteiger partial charge in [-0.2, -0.15) is 0 Å². The Labute approximate surface area is 121 Å². The second-order valence-electron chi connectivity index (χ2n) is 4.28. The molecule has 0 aromatic heterocycles. The summed E-state index contributed by atoms with van der Waals surface area (Å²) in [6, 6.07) is 10.4. The van der Waals surface area contributed by atoms with Crippen LogP contribution in [0.25, 0.3) is 0 Å². The van der Waals surface area contributed by atoms with Gasteiger partial charge < -0.3 is 5.11 Å². The fourth-order valence-electron chi connectivity index (χ4n) is 1.69. The minimum absolute atomic E-state index is 0.0547. The second-order valence-corrected chi connectivity index (χ2v) is 6.05. The zero-order valence-corrected chi connectivity index (χ0v) is 11.6. The Morgan fingerprint density at radius 2 is 1.81 bits per heavy atom. The van der Waals surface area contributed by atoms with Gasteiger partial charge >= 0.3 is 5.97 Å². The molecule has 110 valence electrons. The van der Waals surface area contributed by atoms with E-state index in [1.807, 2.05) is 0 Å². The number of aromatic carboxylic acids is 1. The minimum atomic E-state index is -3.77. The summed E-state index contributed by atoms with van der Waals surface area (Å²) in [5.74, 6) is -1.61. The molecule has 7 heteroatoms. The van der Waals surface area contributed by atoms with Crippen molar-refractivity contribution < 1.29 is 22.7 Å². The Hall–Kier alpha value is -2.25. The van der Waals surface area contributed by atoms with E-state index >= 15 is 0 Å². The van der Waals surface area contributed by atoms with Crippen molar-refractivity contribution in [1.29, 1.82) is 0 Å². The highest BCUT2D eigenvalue weighted by atomic mass is 32.2. The van der Waals surface area contributed by atoms with Crippen LogP contribution in [0.3, 0.4) is 0 Å². The number of carbonyl (C=O) groups is 1. The molecule has 21 heavy (non-hydrogen) atoms. The molecule has 2 N–H and O–H groups in total. The van der Waals surface area contributed by atoms with Gasteiger partial charge in [0, 0.05) is 6.54 Å². The average molecular weight is 309 g/mol. The Balaban J connectivity index is 2.13. The van der Waals surface area contributed by atoms with Gasteiger partial charge in [-0.25, -0.2) is 22.3 Å². The van der Waals surface area contributed by atoms with E-state index < -0.39 is 21.8 Å². The van der Waals surface area contributed by atoms with E-state index in [9.17, 15) is 17.6 Å². The standard InChI is InChI=1S/C14H12FNO4S/c15-12-4-6-13(7-5-12)21(19,20)16-9-10-2-1-3-11(8-10)14(17)18/h1-8,16H,9H2,(H,17,18). The Morgan fingerprint density at radius 1 is 1.14 bits per heavy atom. The molecule has 0 fully saturated rings. The fraction of sp³-hybridized carbons (Fsp3) is 0.0714. The van der Waals surface area contributed by atoms with Crippen molar-refractivity contribution >= 4 is 16.0 Å². The Kier molecular flexibility index (Phi) is 4.35. The van der Waals surface area contributed by atoms with Crippen molar-refractivity contribution in [3.8, 4) is 0 Å². The molecule has 0 heterocycles. The molecular formula is C14H12FNO4S. The highest BCUT2D eigenvalue weighted by Gasteiger charge is 2.14. The maximum absolute atomic E-state index is 12.8. The largest absolute Gasteiger partial charge is 0.478 e. The molecule has 5 nitrogen and oxygen atoms in total. The van der Waals surface area contributed by atoms with Crippen LogP contribution in [0.1, 0.15) is 15.9 Å². The number of hydrogen-bond acceptors (Lipinski definition) is 3. The molecule has 0 aliphatic carbocycles. The summed E-state index contributed by atoms with van der Waals surface area (Å²) in [4.78, 5) is 10.8. The summed E-state index contributed by atoms with van der Waals surface area (Å²) in [5.41, 5.74) is 0.592. The van der Waals surface area contributed by atoms with Gasteiger partial charge in [0.1, 0.15) is 5.82 Å². The van der Waals surface area contributed by atoms with Gasteiger partial charge in [0.25, 0.3) is 0 Å². The molecule has 0 atom stereocenters. The van der Waals surface area contributed by atoms with E-state index in [-0.39, 0.29) is 17.0 Å². The van der Waals surface area contributed by atoms with Crippen LogP contribution in [0.2, 0.25) is 0 Å². The summed E-state index contributed by atoms with van der Waals surface area (Å²) in [6.07, 6.45) is 0. The number of halogens is 1. The number of carboxylic acid groups (broad SMARTS) is 1. The van der Waals surface area contributed by atoms with Gasteiger partial charge in [-0.3, -0.25) is 0 Å². The van der Waals surface area contributed by atoms with Gasteiger partial charge in [0.2, 0.25) is 10.0 Å². The summed E-state index contributed by atoms with van der Waals surface area (Å²) in [5, 5.41) is 8.87. The van der Waals surface area contributed by atoms with E-state index in [2.05, 4.69) is 4.72 Å². The molecule has 0 aliphatic rings. The summed E-state index contributed by atoms with van der Waals surface area (Å²) in [7, 11) is -3.77. The summed E-state index contributed by atoms with van der Waals surface area (Å²) >= 11 is 0. The van der Waals surface area contributed by atoms with Crippen LogP contribution in [-0.4, -0.2) is 19.5 Å². The molecule has 0 bridgehead atoms. The molecule has 2 aromatic carbocycles. The molecule has 0 radical (unpaired) electrons. The topological polar surface area (TPSA) is 83.5 Å². The van der Waals surface area contributed by atoms with E-state index in [0.29, 0.717) is 5.56 Å². The van der Waals surface area contributed by atoms with E-state index in [1.165, 1.54) is 18.2 Å². The highest BCUT2D eigenvalue weighted by Crippen LogP contribution is 2.11. The Morgan fingerprint density at radius 3 is 2.43 bits per heavy atom. The van der Waals surface area contributed by atoms with Crippen molar-refractivity contribution in [3.63, 3.8) is 0 Å². The average Bonchev–Trinajstić information content (AvgIpc) is 2.46. The van der Waals surface area contributed by atoms with Gasteiger partial charge in [-0.15, -0.1) is 0 Å². The normalized spacial score (nSPS) is 11.3. The van der Waals surface area contributed by atoms with Crippen LogP contribution < -0.4 is 4.72 Å². The number of carboxylic acids is 1. The lowest BCUT2D eigenvalue weighted by Gasteiger charge is -2.07. The molecule has 0 spiro atoms. The van der Waals surface area contributed by atoms with Crippen molar-refractivity contribution in [2.45, 2.75) is 11.4 Å². The lowest BCUT2D eigenvalue weighted by Crippen LogP contribution is -2.23. The first-order valence-corrected chi connectivity index (χ1v) is 7.44.